The van der Waals surface area contributed by atoms with Crippen molar-refractivity contribution in [2.75, 3.05) is 13.2 Å². The van der Waals surface area contributed by atoms with Crippen LogP contribution in [0.1, 0.15) is 252 Å². The molecule has 0 aromatic carbocycles. The van der Waals surface area contributed by atoms with Gasteiger partial charge in [-0.2, -0.15) is 0 Å². The van der Waals surface area contributed by atoms with Crippen molar-refractivity contribution >= 4 is 17.9 Å². The van der Waals surface area contributed by atoms with Gasteiger partial charge in [0.15, 0.2) is 6.10 Å². The molecule has 0 aromatic rings. The van der Waals surface area contributed by atoms with E-state index in [1.165, 1.54) is 116 Å². The van der Waals surface area contributed by atoms with Crippen molar-refractivity contribution in [1.82, 2.24) is 0 Å². The van der Waals surface area contributed by atoms with Gasteiger partial charge in [0.2, 0.25) is 0 Å². The predicted molar refractivity (Wildman–Crippen MR) is 279 cm³/mol. The Labute approximate surface area is 401 Å². The number of hydrogen-bond donors (Lipinski definition) is 0. The van der Waals surface area contributed by atoms with E-state index in [2.05, 4.69) is 106 Å². The summed E-state index contributed by atoms with van der Waals surface area (Å²) in [5, 5.41) is 0. The third-order valence-corrected chi connectivity index (χ3v) is 11.4. The standard InChI is InChI=1S/C59H100O6/c1-4-7-10-13-16-19-22-24-26-28-29-31-33-35-38-40-43-46-49-52-58(61)64-55-56(65-59(62)53-50-47-44-41-36-21-18-15-12-9-6-3)54-63-57(60)51-48-45-42-39-37-34-32-30-27-25-23-20-17-14-11-8-5-2/h8,11,15,17-18,20,24-27,32,34,39,42,56H,4-7,9-10,12-14,16,19,21-23,28-31,33,35-38,40-41,43-55H2,1-3H3/b11-8-,18-15-,20-17-,26-24-,27-25-,34-32-,42-39-/t56-/m1/s1. The van der Waals surface area contributed by atoms with Gasteiger partial charge in [-0.15, -0.1) is 0 Å². The van der Waals surface area contributed by atoms with Crippen LogP contribution in [0, 0.1) is 0 Å². The lowest BCUT2D eigenvalue weighted by atomic mass is 10.1. The molecule has 0 N–H and O–H groups in total. The van der Waals surface area contributed by atoms with Crippen LogP contribution in [0.5, 0.6) is 0 Å². The van der Waals surface area contributed by atoms with Gasteiger partial charge in [0.1, 0.15) is 13.2 Å². The Morgan fingerprint density at radius 2 is 0.631 bits per heavy atom. The molecule has 0 rings (SSSR count). The minimum Gasteiger partial charge on any atom is -0.462 e. The van der Waals surface area contributed by atoms with E-state index in [9.17, 15) is 14.4 Å². The van der Waals surface area contributed by atoms with Gasteiger partial charge in [-0.1, -0.05) is 215 Å². The Hall–Kier alpha value is -3.41. The molecule has 0 heterocycles. The van der Waals surface area contributed by atoms with Crippen LogP contribution < -0.4 is 0 Å². The van der Waals surface area contributed by atoms with Crippen LogP contribution in [0.25, 0.3) is 0 Å². The van der Waals surface area contributed by atoms with Crippen molar-refractivity contribution in [2.45, 2.75) is 258 Å². The van der Waals surface area contributed by atoms with E-state index in [1.807, 2.05) is 0 Å². The quantitative estimate of drug-likeness (QED) is 0.0262. The summed E-state index contributed by atoms with van der Waals surface area (Å²) in [6.07, 6.45) is 68.6. The van der Waals surface area contributed by atoms with Crippen molar-refractivity contribution in [3.8, 4) is 0 Å². The van der Waals surface area contributed by atoms with Crippen molar-refractivity contribution in [2.24, 2.45) is 0 Å². The smallest absolute Gasteiger partial charge is 0.306 e. The van der Waals surface area contributed by atoms with Crippen LogP contribution in [0.4, 0.5) is 0 Å². The van der Waals surface area contributed by atoms with Crippen LogP contribution >= 0.6 is 0 Å². The number of carbonyl (C=O) groups is 3. The summed E-state index contributed by atoms with van der Waals surface area (Å²) in [5.74, 6) is -0.971. The van der Waals surface area contributed by atoms with Gasteiger partial charge in [0.25, 0.3) is 0 Å². The van der Waals surface area contributed by atoms with E-state index in [4.69, 9.17) is 14.2 Å². The minimum absolute atomic E-state index is 0.0986. The molecule has 0 saturated carbocycles. The molecule has 0 saturated heterocycles. The first kappa shape index (κ1) is 61.6. The molecule has 0 unspecified atom stereocenters. The fourth-order valence-corrected chi connectivity index (χ4v) is 7.28. The van der Waals surface area contributed by atoms with Gasteiger partial charge >= 0.3 is 17.9 Å². The third kappa shape index (κ3) is 51.4. The van der Waals surface area contributed by atoms with Crippen LogP contribution in [0.3, 0.4) is 0 Å². The number of hydrogen-bond acceptors (Lipinski definition) is 6. The molecule has 0 radical (unpaired) electrons. The summed E-state index contributed by atoms with van der Waals surface area (Å²) >= 11 is 0. The Morgan fingerprint density at radius 1 is 0.323 bits per heavy atom. The average molecular weight is 905 g/mol. The monoisotopic (exact) mass is 905 g/mol. The summed E-state index contributed by atoms with van der Waals surface area (Å²) in [5.41, 5.74) is 0. The molecule has 0 aliphatic rings. The van der Waals surface area contributed by atoms with E-state index < -0.39 is 6.10 Å². The number of ether oxygens (including phenoxy) is 3. The first-order valence-corrected chi connectivity index (χ1v) is 27.1. The van der Waals surface area contributed by atoms with Crippen molar-refractivity contribution in [3.05, 3.63) is 85.1 Å². The maximum atomic E-state index is 12.8. The Bertz CT molecular complexity index is 1270. The number of esters is 3. The Kier molecular flexibility index (Phi) is 50.4. The van der Waals surface area contributed by atoms with Gasteiger partial charge in [-0.3, -0.25) is 14.4 Å². The Balaban J connectivity index is 4.41. The molecule has 0 bridgehead atoms. The van der Waals surface area contributed by atoms with Crippen molar-refractivity contribution in [1.29, 1.82) is 0 Å². The SMILES string of the molecule is CC/C=C\C/C=C\C/C=C\C/C=C\C/C=C\CCCC(=O)OC[C@H](COC(=O)CCCCCCCCCCC/C=C\CCCCCCCC)OC(=O)CCCCCCC/C=C\CCCC. The highest BCUT2D eigenvalue weighted by molar-refractivity contribution is 5.71. The molecular weight excluding hydrogens is 805 g/mol. The van der Waals surface area contributed by atoms with Gasteiger partial charge in [0, 0.05) is 19.3 Å². The molecule has 6 nitrogen and oxygen atoms in total. The molecule has 372 valence electrons. The second kappa shape index (κ2) is 53.2. The summed E-state index contributed by atoms with van der Waals surface area (Å²) in [7, 11) is 0. The Morgan fingerprint density at radius 3 is 1.06 bits per heavy atom. The lowest BCUT2D eigenvalue weighted by molar-refractivity contribution is -0.167. The lowest BCUT2D eigenvalue weighted by Gasteiger charge is -2.18. The molecular formula is C59H100O6. The molecule has 0 aliphatic heterocycles. The first-order valence-electron chi connectivity index (χ1n) is 27.1. The second-order valence-electron chi connectivity index (χ2n) is 17.7. The summed E-state index contributed by atoms with van der Waals surface area (Å²) in [6.45, 7) is 6.43. The van der Waals surface area contributed by atoms with Gasteiger partial charge in [-0.05, 0) is 103 Å². The fraction of sp³-hybridized carbons (Fsp3) is 0.712. The molecule has 1 atom stereocenters. The first-order chi connectivity index (χ1) is 32.0. The number of carbonyl (C=O) groups excluding carboxylic acids is 3. The summed E-state index contributed by atoms with van der Waals surface area (Å²) in [6, 6.07) is 0. The highest BCUT2D eigenvalue weighted by atomic mass is 16.6. The summed E-state index contributed by atoms with van der Waals surface area (Å²) in [4.78, 5) is 38.0. The number of unbranched alkanes of at least 4 members (excludes halogenated alkanes) is 23. The minimum atomic E-state index is -0.804. The van der Waals surface area contributed by atoms with Crippen LogP contribution in [-0.4, -0.2) is 37.2 Å². The molecule has 0 aromatic heterocycles. The van der Waals surface area contributed by atoms with E-state index >= 15 is 0 Å². The summed E-state index contributed by atoms with van der Waals surface area (Å²) < 4.78 is 16.8. The predicted octanol–water partition coefficient (Wildman–Crippen LogP) is 18.0. The fourth-order valence-electron chi connectivity index (χ4n) is 7.28. The maximum absolute atomic E-state index is 12.8. The van der Waals surface area contributed by atoms with E-state index in [0.717, 1.165) is 89.9 Å². The largest absolute Gasteiger partial charge is 0.462 e. The van der Waals surface area contributed by atoms with E-state index in [-0.39, 0.29) is 37.5 Å². The van der Waals surface area contributed by atoms with Crippen molar-refractivity contribution < 1.29 is 28.6 Å². The van der Waals surface area contributed by atoms with Gasteiger partial charge in [0.05, 0.1) is 0 Å². The van der Waals surface area contributed by atoms with Gasteiger partial charge in [-0.25, -0.2) is 0 Å². The molecule has 0 fully saturated rings. The van der Waals surface area contributed by atoms with Crippen LogP contribution in [-0.2, 0) is 28.6 Å². The third-order valence-electron chi connectivity index (χ3n) is 11.4. The molecule has 6 heteroatoms. The van der Waals surface area contributed by atoms with Crippen LogP contribution in [0.15, 0.2) is 85.1 Å². The zero-order valence-electron chi connectivity index (χ0n) is 42.5. The van der Waals surface area contributed by atoms with E-state index in [1.54, 1.807) is 0 Å². The van der Waals surface area contributed by atoms with Crippen LogP contribution in [0.2, 0.25) is 0 Å². The molecule has 65 heavy (non-hydrogen) atoms. The molecule has 0 aliphatic carbocycles. The molecule has 0 amide bonds. The maximum Gasteiger partial charge on any atom is 0.306 e. The molecule has 0 spiro atoms. The topological polar surface area (TPSA) is 78.9 Å². The van der Waals surface area contributed by atoms with Gasteiger partial charge < -0.3 is 14.2 Å². The number of rotatable bonds is 48. The zero-order valence-corrected chi connectivity index (χ0v) is 42.5. The normalized spacial score (nSPS) is 12.7. The number of allylic oxidation sites excluding steroid dienone is 14. The highest BCUT2D eigenvalue weighted by Gasteiger charge is 2.19. The van der Waals surface area contributed by atoms with Crippen molar-refractivity contribution in [3.63, 3.8) is 0 Å². The van der Waals surface area contributed by atoms with E-state index in [0.29, 0.717) is 19.3 Å². The lowest BCUT2D eigenvalue weighted by Crippen LogP contribution is -2.30. The highest BCUT2D eigenvalue weighted by Crippen LogP contribution is 2.14. The zero-order chi connectivity index (χ0) is 47.2. The second-order valence-corrected chi connectivity index (χ2v) is 17.7. The average Bonchev–Trinajstić information content (AvgIpc) is 3.30.